The molecular formula is C14H21NO. The molecule has 0 aromatic heterocycles. The minimum atomic E-state index is -0.517. The first-order chi connectivity index (χ1) is 7.48. The molecule has 1 N–H and O–H groups in total. The Kier molecular flexibility index (Phi) is 2.94. The Hall–Kier alpha value is -1.02. The summed E-state index contributed by atoms with van der Waals surface area (Å²) in [6.07, 6.45) is 0.860. The maximum absolute atomic E-state index is 9.93. The fourth-order valence-corrected chi connectivity index (χ4v) is 2.24. The molecule has 0 saturated carbocycles. The van der Waals surface area contributed by atoms with E-state index in [0.717, 1.165) is 19.5 Å². The van der Waals surface area contributed by atoms with Gasteiger partial charge in [0, 0.05) is 18.8 Å². The van der Waals surface area contributed by atoms with Gasteiger partial charge in [0.05, 0.1) is 5.60 Å². The van der Waals surface area contributed by atoms with Crippen LogP contribution in [0, 0.1) is 0 Å². The van der Waals surface area contributed by atoms with E-state index in [9.17, 15) is 5.11 Å². The van der Waals surface area contributed by atoms with E-state index in [4.69, 9.17) is 0 Å². The molecule has 1 saturated heterocycles. The van der Waals surface area contributed by atoms with Crippen LogP contribution in [0.4, 0.5) is 5.69 Å². The van der Waals surface area contributed by atoms with E-state index >= 15 is 0 Å². The number of aliphatic hydroxyl groups is 1. The Balaban J connectivity index is 2.11. The van der Waals surface area contributed by atoms with Crippen molar-refractivity contribution in [2.75, 3.05) is 18.0 Å². The summed E-state index contributed by atoms with van der Waals surface area (Å²) in [5.74, 6) is 0.579. The third-order valence-electron chi connectivity index (χ3n) is 3.38. The van der Waals surface area contributed by atoms with Crippen LogP contribution in [0.5, 0.6) is 0 Å². The number of hydrogen-bond acceptors (Lipinski definition) is 2. The Morgan fingerprint density at radius 3 is 2.31 bits per heavy atom. The van der Waals surface area contributed by atoms with Crippen molar-refractivity contribution in [3.63, 3.8) is 0 Å². The average molecular weight is 219 g/mol. The molecule has 1 atom stereocenters. The van der Waals surface area contributed by atoms with E-state index in [1.807, 2.05) is 6.92 Å². The van der Waals surface area contributed by atoms with Gasteiger partial charge in [-0.05, 0) is 37.0 Å². The Bertz CT molecular complexity index is 354. The van der Waals surface area contributed by atoms with Crippen molar-refractivity contribution in [3.8, 4) is 0 Å². The number of rotatable bonds is 2. The molecule has 2 heteroatoms. The predicted molar refractivity (Wildman–Crippen MR) is 68.0 cm³/mol. The van der Waals surface area contributed by atoms with Crippen molar-refractivity contribution >= 4 is 5.69 Å². The highest BCUT2D eigenvalue weighted by Crippen LogP contribution is 2.27. The van der Waals surface area contributed by atoms with Crippen LogP contribution in [-0.2, 0) is 0 Å². The molecule has 0 radical (unpaired) electrons. The van der Waals surface area contributed by atoms with Gasteiger partial charge in [-0.3, -0.25) is 0 Å². The first-order valence-electron chi connectivity index (χ1n) is 6.05. The first kappa shape index (κ1) is 11.5. The maximum Gasteiger partial charge on any atom is 0.0810 e. The lowest BCUT2D eigenvalue weighted by Crippen LogP contribution is -2.29. The van der Waals surface area contributed by atoms with Gasteiger partial charge in [0.25, 0.3) is 0 Å². The second kappa shape index (κ2) is 4.10. The molecule has 88 valence electrons. The van der Waals surface area contributed by atoms with Crippen molar-refractivity contribution in [1.82, 2.24) is 0 Å². The van der Waals surface area contributed by atoms with E-state index in [0.29, 0.717) is 5.92 Å². The number of nitrogens with zero attached hydrogens (tertiary/aromatic N) is 1. The quantitative estimate of drug-likeness (QED) is 0.826. The second-order valence-electron chi connectivity index (χ2n) is 5.41. The third-order valence-corrected chi connectivity index (χ3v) is 3.38. The zero-order valence-electron chi connectivity index (χ0n) is 10.4. The third kappa shape index (κ3) is 2.38. The molecule has 1 aromatic rings. The molecule has 2 rings (SSSR count). The molecule has 1 aliphatic heterocycles. The highest BCUT2D eigenvalue weighted by Gasteiger charge is 2.31. The molecule has 0 aliphatic carbocycles. The highest BCUT2D eigenvalue weighted by molar-refractivity contribution is 5.49. The van der Waals surface area contributed by atoms with Gasteiger partial charge in [0.2, 0.25) is 0 Å². The minimum absolute atomic E-state index is 0.517. The molecule has 1 fully saturated rings. The topological polar surface area (TPSA) is 23.5 Å². The van der Waals surface area contributed by atoms with Gasteiger partial charge in [-0.15, -0.1) is 0 Å². The molecular weight excluding hydrogens is 198 g/mol. The summed E-state index contributed by atoms with van der Waals surface area (Å²) in [5.41, 5.74) is 2.08. The van der Waals surface area contributed by atoms with E-state index in [-0.39, 0.29) is 0 Å². The van der Waals surface area contributed by atoms with Crippen LogP contribution in [0.25, 0.3) is 0 Å². The Morgan fingerprint density at radius 2 is 1.88 bits per heavy atom. The molecule has 0 spiro atoms. The van der Waals surface area contributed by atoms with Crippen molar-refractivity contribution < 1.29 is 5.11 Å². The molecule has 0 bridgehead atoms. The zero-order valence-corrected chi connectivity index (χ0v) is 10.4. The van der Waals surface area contributed by atoms with E-state index in [1.54, 1.807) is 0 Å². The maximum atomic E-state index is 9.93. The lowest BCUT2D eigenvalue weighted by atomic mass is 10.0. The lowest BCUT2D eigenvalue weighted by Gasteiger charge is -2.21. The Morgan fingerprint density at radius 1 is 1.25 bits per heavy atom. The predicted octanol–water partition coefficient (Wildman–Crippen LogP) is 2.77. The lowest BCUT2D eigenvalue weighted by molar-refractivity contribution is 0.0839. The number of benzene rings is 1. The van der Waals surface area contributed by atoms with Gasteiger partial charge in [0.1, 0.15) is 0 Å². The van der Waals surface area contributed by atoms with Gasteiger partial charge in [-0.1, -0.05) is 26.0 Å². The molecule has 1 aliphatic rings. The zero-order chi connectivity index (χ0) is 11.8. The van der Waals surface area contributed by atoms with Crippen molar-refractivity contribution in [2.45, 2.75) is 38.7 Å². The summed E-state index contributed by atoms with van der Waals surface area (Å²) >= 11 is 0. The summed E-state index contributed by atoms with van der Waals surface area (Å²) in [7, 11) is 0. The number of hydrogen-bond donors (Lipinski definition) is 1. The molecule has 2 nitrogen and oxygen atoms in total. The van der Waals surface area contributed by atoms with E-state index in [1.165, 1.54) is 11.3 Å². The van der Waals surface area contributed by atoms with Crippen molar-refractivity contribution in [1.29, 1.82) is 0 Å². The number of β-amino-alcohol motifs (C(OH)–C–C–N with tert-alkyl or cyclic N) is 1. The van der Waals surface area contributed by atoms with Crippen molar-refractivity contribution in [2.24, 2.45) is 0 Å². The van der Waals surface area contributed by atoms with Crippen LogP contribution in [0.1, 0.15) is 38.7 Å². The molecule has 1 heterocycles. The van der Waals surface area contributed by atoms with Crippen LogP contribution in [0.2, 0.25) is 0 Å². The van der Waals surface area contributed by atoms with E-state index in [2.05, 4.69) is 43.0 Å². The SMILES string of the molecule is CC(C)c1ccc(N2CC[C@](C)(O)C2)cc1. The summed E-state index contributed by atoms with van der Waals surface area (Å²) in [6.45, 7) is 8.02. The monoisotopic (exact) mass is 219 g/mol. The largest absolute Gasteiger partial charge is 0.388 e. The Labute approximate surface area is 97.9 Å². The number of anilines is 1. The second-order valence-corrected chi connectivity index (χ2v) is 5.41. The van der Waals surface area contributed by atoms with Crippen LogP contribution >= 0.6 is 0 Å². The van der Waals surface area contributed by atoms with Crippen LogP contribution in [0.3, 0.4) is 0 Å². The van der Waals surface area contributed by atoms with Gasteiger partial charge in [0.15, 0.2) is 0 Å². The smallest absolute Gasteiger partial charge is 0.0810 e. The minimum Gasteiger partial charge on any atom is -0.388 e. The highest BCUT2D eigenvalue weighted by atomic mass is 16.3. The van der Waals surface area contributed by atoms with E-state index < -0.39 is 5.60 Å². The first-order valence-corrected chi connectivity index (χ1v) is 6.05. The normalized spacial score (nSPS) is 25.4. The molecule has 0 amide bonds. The van der Waals surface area contributed by atoms with Crippen LogP contribution < -0.4 is 4.90 Å². The van der Waals surface area contributed by atoms with Crippen LogP contribution in [0.15, 0.2) is 24.3 Å². The fourth-order valence-electron chi connectivity index (χ4n) is 2.24. The van der Waals surface area contributed by atoms with Gasteiger partial charge < -0.3 is 10.0 Å². The molecule has 0 unspecified atom stereocenters. The molecule has 1 aromatic carbocycles. The standard InChI is InChI=1S/C14H21NO/c1-11(2)12-4-6-13(7-5-12)15-9-8-14(3,16)10-15/h4-7,11,16H,8-10H2,1-3H3/t14-/m0/s1. The summed E-state index contributed by atoms with van der Waals surface area (Å²) < 4.78 is 0. The average Bonchev–Trinajstić information content (AvgIpc) is 2.59. The van der Waals surface area contributed by atoms with Gasteiger partial charge in [-0.25, -0.2) is 0 Å². The van der Waals surface area contributed by atoms with Crippen LogP contribution in [-0.4, -0.2) is 23.8 Å². The summed E-state index contributed by atoms with van der Waals surface area (Å²) in [6, 6.07) is 8.70. The van der Waals surface area contributed by atoms with Gasteiger partial charge >= 0.3 is 0 Å². The summed E-state index contributed by atoms with van der Waals surface area (Å²) in [5, 5.41) is 9.93. The summed E-state index contributed by atoms with van der Waals surface area (Å²) in [4.78, 5) is 2.25. The van der Waals surface area contributed by atoms with Gasteiger partial charge in [-0.2, -0.15) is 0 Å². The fraction of sp³-hybridized carbons (Fsp3) is 0.571. The van der Waals surface area contributed by atoms with Crippen molar-refractivity contribution in [3.05, 3.63) is 29.8 Å². The molecule has 16 heavy (non-hydrogen) atoms.